The van der Waals surface area contributed by atoms with E-state index in [-0.39, 0.29) is 0 Å². The highest BCUT2D eigenvalue weighted by Crippen LogP contribution is 2.31. The van der Waals surface area contributed by atoms with E-state index in [4.69, 9.17) is 0 Å². The first-order chi connectivity index (χ1) is 8.42. The summed E-state index contributed by atoms with van der Waals surface area (Å²) < 4.78 is 1.87. The van der Waals surface area contributed by atoms with Crippen LogP contribution in [-0.4, -0.2) is 14.9 Å². The van der Waals surface area contributed by atoms with Crippen LogP contribution in [-0.2, 0) is 25.5 Å². The van der Waals surface area contributed by atoms with Crippen molar-refractivity contribution in [2.75, 3.05) is 0 Å². The van der Waals surface area contributed by atoms with E-state index in [1.165, 1.54) is 4.88 Å². The molecule has 0 saturated heterocycles. The second-order valence-electron chi connectivity index (χ2n) is 4.97. The third-order valence-corrected chi connectivity index (χ3v) is 4.44. The average Bonchev–Trinajstić information content (AvgIpc) is 2.86. The maximum Gasteiger partial charge on any atom is 0.101 e. The molecule has 4 heteroatoms. The summed E-state index contributed by atoms with van der Waals surface area (Å²) in [5.74, 6) is 0. The minimum Gasteiger partial charge on any atom is -0.384 e. The maximum atomic E-state index is 10.6. The van der Waals surface area contributed by atoms with Crippen LogP contribution in [0.5, 0.6) is 0 Å². The standard InChI is InChI=1S/C14H20N2OS/c1-5-11-8-12(16(4)15-11)9-14(3,17)13-7-6-10(2)18-13/h6-8,17H,5,9H2,1-4H3. The van der Waals surface area contributed by atoms with Gasteiger partial charge in [0, 0.05) is 28.9 Å². The number of nitrogens with zero attached hydrogens (tertiary/aromatic N) is 2. The number of thiophene rings is 1. The maximum absolute atomic E-state index is 10.6. The Morgan fingerprint density at radius 2 is 2.17 bits per heavy atom. The van der Waals surface area contributed by atoms with Crippen LogP contribution in [0.2, 0.25) is 0 Å². The molecule has 0 saturated carbocycles. The molecule has 0 radical (unpaired) electrons. The van der Waals surface area contributed by atoms with Gasteiger partial charge < -0.3 is 5.11 Å². The molecule has 0 aromatic carbocycles. The predicted octanol–water partition coefficient (Wildman–Crippen LogP) is 2.80. The van der Waals surface area contributed by atoms with Gasteiger partial charge in [0.05, 0.1) is 5.69 Å². The first-order valence-electron chi connectivity index (χ1n) is 6.23. The van der Waals surface area contributed by atoms with Gasteiger partial charge in [0.25, 0.3) is 0 Å². The molecule has 0 amide bonds. The summed E-state index contributed by atoms with van der Waals surface area (Å²) >= 11 is 1.65. The van der Waals surface area contributed by atoms with Crippen molar-refractivity contribution in [2.45, 2.75) is 39.2 Å². The Hall–Kier alpha value is -1.13. The minimum absolute atomic E-state index is 0.594. The number of hydrogen-bond donors (Lipinski definition) is 1. The highest BCUT2D eigenvalue weighted by Gasteiger charge is 2.26. The fourth-order valence-electron chi connectivity index (χ4n) is 2.07. The van der Waals surface area contributed by atoms with Crippen LogP contribution in [0.1, 0.15) is 35.0 Å². The van der Waals surface area contributed by atoms with Crippen molar-refractivity contribution >= 4 is 11.3 Å². The molecule has 2 rings (SSSR count). The van der Waals surface area contributed by atoms with E-state index in [2.05, 4.69) is 31.1 Å². The lowest BCUT2D eigenvalue weighted by Gasteiger charge is -2.21. The summed E-state index contributed by atoms with van der Waals surface area (Å²) in [5, 5.41) is 15.0. The van der Waals surface area contributed by atoms with Crippen LogP contribution < -0.4 is 0 Å². The Kier molecular flexibility index (Phi) is 3.59. The van der Waals surface area contributed by atoms with Gasteiger partial charge in [-0.2, -0.15) is 5.10 Å². The average molecular weight is 264 g/mol. The zero-order chi connectivity index (χ0) is 13.3. The second kappa shape index (κ2) is 4.86. The molecule has 0 aliphatic carbocycles. The first-order valence-corrected chi connectivity index (χ1v) is 7.05. The van der Waals surface area contributed by atoms with Crippen LogP contribution >= 0.6 is 11.3 Å². The molecule has 0 bridgehead atoms. The smallest absolute Gasteiger partial charge is 0.101 e. The van der Waals surface area contributed by atoms with E-state index < -0.39 is 5.60 Å². The molecule has 2 heterocycles. The van der Waals surface area contributed by atoms with E-state index in [0.717, 1.165) is 22.7 Å². The molecule has 3 nitrogen and oxygen atoms in total. The summed E-state index contributed by atoms with van der Waals surface area (Å²) in [4.78, 5) is 2.24. The Labute approximate surface area is 112 Å². The Morgan fingerprint density at radius 3 is 2.67 bits per heavy atom. The van der Waals surface area contributed by atoms with Crippen molar-refractivity contribution in [2.24, 2.45) is 7.05 Å². The van der Waals surface area contributed by atoms with Crippen LogP contribution in [0.4, 0.5) is 0 Å². The highest BCUT2D eigenvalue weighted by atomic mass is 32.1. The predicted molar refractivity (Wildman–Crippen MR) is 74.9 cm³/mol. The Balaban J connectivity index is 2.24. The van der Waals surface area contributed by atoms with Gasteiger partial charge in [-0.05, 0) is 38.5 Å². The van der Waals surface area contributed by atoms with Gasteiger partial charge >= 0.3 is 0 Å². The number of rotatable bonds is 4. The van der Waals surface area contributed by atoms with Gasteiger partial charge in [-0.25, -0.2) is 0 Å². The fraction of sp³-hybridized carbons (Fsp3) is 0.500. The summed E-state index contributed by atoms with van der Waals surface area (Å²) in [7, 11) is 1.93. The molecule has 2 aromatic rings. The molecule has 0 spiro atoms. The van der Waals surface area contributed by atoms with Crippen LogP contribution in [0.25, 0.3) is 0 Å². The quantitative estimate of drug-likeness (QED) is 0.922. The van der Waals surface area contributed by atoms with Gasteiger partial charge in [-0.15, -0.1) is 11.3 Å². The summed E-state index contributed by atoms with van der Waals surface area (Å²) in [5.41, 5.74) is 1.33. The van der Waals surface area contributed by atoms with E-state index in [9.17, 15) is 5.11 Å². The largest absolute Gasteiger partial charge is 0.384 e. The van der Waals surface area contributed by atoms with Crippen molar-refractivity contribution in [3.63, 3.8) is 0 Å². The van der Waals surface area contributed by atoms with Crippen molar-refractivity contribution in [3.05, 3.63) is 39.3 Å². The molecule has 98 valence electrons. The summed E-state index contributed by atoms with van der Waals surface area (Å²) in [6, 6.07) is 6.14. The zero-order valence-corrected chi connectivity index (χ0v) is 12.2. The number of aliphatic hydroxyl groups is 1. The summed E-state index contributed by atoms with van der Waals surface area (Å²) in [6.07, 6.45) is 1.52. The molecule has 0 fully saturated rings. The highest BCUT2D eigenvalue weighted by molar-refractivity contribution is 7.12. The zero-order valence-electron chi connectivity index (χ0n) is 11.4. The van der Waals surface area contributed by atoms with Crippen molar-refractivity contribution in [1.82, 2.24) is 9.78 Å². The summed E-state index contributed by atoms with van der Waals surface area (Å²) in [6.45, 7) is 6.02. The van der Waals surface area contributed by atoms with Crippen molar-refractivity contribution in [1.29, 1.82) is 0 Å². The van der Waals surface area contributed by atoms with Gasteiger partial charge in [-0.1, -0.05) is 6.92 Å². The SMILES string of the molecule is CCc1cc(CC(C)(O)c2ccc(C)s2)n(C)n1. The van der Waals surface area contributed by atoms with Gasteiger partial charge in [-0.3, -0.25) is 4.68 Å². The monoisotopic (exact) mass is 264 g/mol. The molecule has 2 aromatic heterocycles. The topological polar surface area (TPSA) is 38.0 Å². The number of hydrogen-bond acceptors (Lipinski definition) is 3. The van der Waals surface area contributed by atoms with E-state index in [1.54, 1.807) is 11.3 Å². The van der Waals surface area contributed by atoms with Crippen molar-refractivity contribution < 1.29 is 5.11 Å². The van der Waals surface area contributed by atoms with Gasteiger partial charge in [0.15, 0.2) is 0 Å². The molecule has 1 atom stereocenters. The molecule has 1 unspecified atom stereocenters. The van der Waals surface area contributed by atoms with Gasteiger partial charge in [0.1, 0.15) is 5.60 Å². The molecular weight excluding hydrogens is 244 g/mol. The van der Waals surface area contributed by atoms with E-state index >= 15 is 0 Å². The molecule has 0 aliphatic heterocycles. The third kappa shape index (κ3) is 2.65. The normalized spacial score (nSPS) is 14.7. The van der Waals surface area contributed by atoms with Crippen LogP contribution in [0.15, 0.2) is 18.2 Å². The van der Waals surface area contributed by atoms with E-state index in [0.29, 0.717) is 6.42 Å². The minimum atomic E-state index is -0.822. The molecule has 0 aliphatic rings. The van der Waals surface area contributed by atoms with Crippen LogP contribution in [0, 0.1) is 6.92 Å². The molecule has 18 heavy (non-hydrogen) atoms. The molecular formula is C14H20N2OS. The Bertz CT molecular complexity index is 540. The van der Waals surface area contributed by atoms with Crippen LogP contribution in [0.3, 0.4) is 0 Å². The fourth-order valence-corrected chi connectivity index (χ4v) is 2.98. The number of aromatic nitrogens is 2. The Morgan fingerprint density at radius 1 is 1.44 bits per heavy atom. The lowest BCUT2D eigenvalue weighted by atomic mass is 9.98. The lowest BCUT2D eigenvalue weighted by Crippen LogP contribution is -2.24. The van der Waals surface area contributed by atoms with Crippen molar-refractivity contribution in [3.8, 4) is 0 Å². The lowest BCUT2D eigenvalue weighted by molar-refractivity contribution is 0.0594. The second-order valence-corrected chi connectivity index (χ2v) is 6.25. The molecule has 1 N–H and O–H groups in total. The third-order valence-electron chi connectivity index (χ3n) is 3.19. The number of aryl methyl sites for hydroxylation is 3. The van der Waals surface area contributed by atoms with E-state index in [1.807, 2.05) is 24.7 Å². The van der Waals surface area contributed by atoms with Gasteiger partial charge in [0.2, 0.25) is 0 Å². The first kappa shape index (κ1) is 13.3.